The molecule has 1 aromatic heterocycles. The fourth-order valence-corrected chi connectivity index (χ4v) is 2.38. The van der Waals surface area contributed by atoms with Gasteiger partial charge in [0.1, 0.15) is 18.0 Å². The van der Waals surface area contributed by atoms with E-state index >= 15 is 0 Å². The van der Waals surface area contributed by atoms with Crippen molar-refractivity contribution in [2.75, 3.05) is 10.7 Å². The van der Waals surface area contributed by atoms with Crippen molar-refractivity contribution in [1.82, 2.24) is 9.97 Å². The van der Waals surface area contributed by atoms with Crippen LogP contribution in [0.2, 0.25) is 10.0 Å². The van der Waals surface area contributed by atoms with Crippen molar-refractivity contribution in [2.45, 2.75) is 19.8 Å². The van der Waals surface area contributed by atoms with Gasteiger partial charge >= 0.3 is 0 Å². The molecule has 106 valence electrons. The van der Waals surface area contributed by atoms with Crippen LogP contribution in [-0.4, -0.2) is 9.97 Å². The lowest BCUT2D eigenvalue weighted by Gasteiger charge is -2.17. The molecule has 0 fully saturated rings. The van der Waals surface area contributed by atoms with E-state index in [4.69, 9.17) is 29.0 Å². The van der Waals surface area contributed by atoms with Crippen LogP contribution in [0.1, 0.15) is 25.3 Å². The van der Waals surface area contributed by atoms with Crippen molar-refractivity contribution in [1.29, 1.82) is 0 Å². The van der Waals surface area contributed by atoms with Crippen LogP contribution in [0.15, 0.2) is 24.5 Å². The maximum absolute atomic E-state index is 6.15. The predicted octanol–water partition coefficient (Wildman–Crippen LogP) is 3.94. The maximum atomic E-state index is 6.15. The Morgan fingerprint density at radius 2 is 1.70 bits per heavy atom. The summed E-state index contributed by atoms with van der Waals surface area (Å²) in [5, 5.41) is 4.20. The number of aromatic nitrogens is 2. The van der Waals surface area contributed by atoms with Crippen molar-refractivity contribution >= 4 is 40.5 Å². The molecular formula is C13H15Cl2N5. The Labute approximate surface area is 127 Å². The van der Waals surface area contributed by atoms with Crippen LogP contribution < -0.4 is 16.6 Å². The number of para-hydroxylation sites is 1. The normalized spacial score (nSPS) is 10.7. The highest BCUT2D eigenvalue weighted by atomic mass is 35.5. The molecular weight excluding hydrogens is 297 g/mol. The van der Waals surface area contributed by atoms with Gasteiger partial charge in [-0.15, -0.1) is 0 Å². The molecule has 0 aliphatic carbocycles. The van der Waals surface area contributed by atoms with Crippen molar-refractivity contribution in [3.05, 3.63) is 40.1 Å². The number of hydrogen-bond donors (Lipinski definition) is 3. The van der Waals surface area contributed by atoms with E-state index in [0.29, 0.717) is 27.4 Å². The van der Waals surface area contributed by atoms with Gasteiger partial charge in [-0.1, -0.05) is 43.1 Å². The van der Waals surface area contributed by atoms with Gasteiger partial charge in [-0.25, -0.2) is 15.8 Å². The molecule has 20 heavy (non-hydrogen) atoms. The smallest absolute Gasteiger partial charge is 0.148 e. The van der Waals surface area contributed by atoms with E-state index in [9.17, 15) is 0 Å². The molecule has 0 amide bonds. The molecule has 0 aliphatic heterocycles. The molecule has 5 nitrogen and oxygen atoms in total. The molecule has 0 radical (unpaired) electrons. The number of anilines is 3. The minimum Gasteiger partial charge on any atom is -0.337 e. The number of halogens is 2. The summed E-state index contributed by atoms with van der Waals surface area (Å²) in [4.78, 5) is 8.36. The third-order valence-electron chi connectivity index (χ3n) is 2.80. The quantitative estimate of drug-likeness (QED) is 0.589. The van der Waals surface area contributed by atoms with Gasteiger partial charge in [0.25, 0.3) is 0 Å². The molecule has 0 spiro atoms. The molecule has 0 bridgehead atoms. The Bertz CT molecular complexity index is 595. The van der Waals surface area contributed by atoms with Crippen LogP contribution in [0.4, 0.5) is 17.3 Å². The fourth-order valence-electron chi connectivity index (χ4n) is 1.89. The highest BCUT2D eigenvalue weighted by molar-refractivity contribution is 6.39. The van der Waals surface area contributed by atoms with Crippen LogP contribution in [0.3, 0.4) is 0 Å². The summed E-state index contributed by atoms with van der Waals surface area (Å²) in [5.41, 5.74) is 4.05. The summed E-state index contributed by atoms with van der Waals surface area (Å²) in [5.74, 6) is 6.86. The van der Waals surface area contributed by atoms with Gasteiger partial charge in [-0.05, 0) is 18.1 Å². The molecule has 1 heterocycles. The first-order chi connectivity index (χ1) is 9.54. The number of rotatable bonds is 4. The van der Waals surface area contributed by atoms with E-state index < -0.39 is 0 Å². The lowest BCUT2D eigenvalue weighted by molar-refractivity contribution is 0.850. The van der Waals surface area contributed by atoms with Gasteiger partial charge < -0.3 is 10.7 Å². The molecule has 0 aliphatic rings. The Hall–Kier alpha value is -1.56. The highest BCUT2D eigenvalue weighted by Crippen LogP contribution is 2.35. The van der Waals surface area contributed by atoms with Crippen molar-refractivity contribution in [2.24, 2.45) is 5.84 Å². The molecule has 1 aromatic carbocycles. The van der Waals surface area contributed by atoms with Crippen molar-refractivity contribution in [3.63, 3.8) is 0 Å². The molecule has 2 aromatic rings. The van der Waals surface area contributed by atoms with Crippen LogP contribution in [0.5, 0.6) is 0 Å². The largest absolute Gasteiger partial charge is 0.337 e. The molecule has 0 unspecified atom stereocenters. The Balaban J connectivity index is 2.49. The lowest BCUT2D eigenvalue weighted by atomic mass is 10.0. The Morgan fingerprint density at radius 3 is 2.25 bits per heavy atom. The summed E-state index contributed by atoms with van der Waals surface area (Å²) in [7, 11) is 0. The van der Waals surface area contributed by atoms with Gasteiger partial charge in [-0.2, -0.15) is 0 Å². The second kappa shape index (κ2) is 6.26. The SMILES string of the molecule is CC(C)c1c(NN)ncnc1Nc1c(Cl)cccc1Cl. The number of nitrogens with two attached hydrogens (primary N) is 1. The molecule has 4 N–H and O–H groups in total. The predicted molar refractivity (Wildman–Crippen MR) is 83.7 cm³/mol. The first kappa shape index (κ1) is 14.8. The highest BCUT2D eigenvalue weighted by Gasteiger charge is 2.16. The van der Waals surface area contributed by atoms with Crippen LogP contribution in [0.25, 0.3) is 0 Å². The zero-order valence-corrected chi connectivity index (χ0v) is 12.6. The molecule has 0 saturated carbocycles. The van der Waals surface area contributed by atoms with E-state index in [1.165, 1.54) is 6.33 Å². The molecule has 7 heteroatoms. The minimum atomic E-state index is 0.172. The zero-order valence-electron chi connectivity index (χ0n) is 11.1. The molecule has 0 atom stereocenters. The standard InChI is InChI=1S/C13H15Cl2N5/c1-7(2)10-12(17-6-18-13(10)20-16)19-11-8(14)4-3-5-9(11)15/h3-7H,16H2,1-2H3,(H2,17,18,19,20). The number of nitrogens with zero attached hydrogens (tertiary/aromatic N) is 2. The fraction of sp³-hybridized carbons (Fsp3) is 0.231. The Kier molecular flexibility index (Phi) is 4.65. The number of benzene rings is 1. The van der Waals surface area contributed by atoms with Crippen LogP contribution >= 0.6 is 23.2 Å². The van der Waals surface area contributed by atoms with Gasteiger partial charge in [0.05, 0.1) is 15.7 Å². The van der Waals surface area contributed by atoms with Gasteiger partial charge in [0.2, 0.25) is 0 Å². The average molecular weight is 312 g/mol. The summed E-state index contributed by atoms with van der Waals surface area (Å²) in [6, 6.07) is 5.30. The first-order valence-corrected chi connectivity index (χ1v) is 6.82. The average Bonchev–Trinajstić information content (AvgIpc) is 2.42. The third kappa shape index (κ3) is 2.95. The summed E-state index contributed by atoms with van der Waals surface area (Å²) < 4.78 is 0. The van der Waals surface area contributed by atoms with Gasteiger partial charge in [-0.3, -0.25) is 0 Å². The summed E-state index contributed by atoms with van der Waals surface area (Å²) in [6.45, 7) is 4.05. The summed E-state index contributed by atoms with van der Waals surface area (Å²) in [6.07, 6.45) is 1.42. The summed E-state index contributed by atoms with van der Waals surface area (Å²) >= 11 is 12.3. The van der Waals surface area contributed by atoms with Gasteiger partial charge in [0.15, 0.2) is 0 Å². The topological polar surface area (TPSA) is 75.9 Å². The number of nitrogens with one attached hydrogen (secondary N) is 2. The van der Waals surface area contributed by atoms with Crippen LogP contribution in [-0.2, 0) is 0 Å². The molecule has 2 rings (SSSR count). The number of nitrogen functional groups attached to an aromatic ring is 1. The maximum Gasteiger partial charge on any atom is 0.148 e. The Morgan fingerprint density at radius 1 is 1.10 bits per heavy atom. The second-order valence-corrected chi connectivity index (χ2v) is 5.32. The van der Waals surface area contributed by atoms with E-state index in [1.54, 1.807) is 18.2 Å². The zero-order chi connectivity index (χ0) is 14.7. The van der Waals surface area contributed by atoms with Gasteiger partial charge in [0, 0.05) is 5.56 Å². The third-order valence-corrected chi connectivity index (χ3v) is 3.43. The lowest BCUT2D eigenvalue weighted by Crippen LogP contribution is -2.14. The number of hydrogen-bond acceptors (Lipinski definition) is 5. The van der Waals surface area contributed by atoms with E-state index in [1.807, 2.05) is 13.8 Å². The van der Waals surface area contributed by atoms with Crippen molar-refractivity contribution in [3.8, 4) is 0 Å². The van der Waals surface area contributed by atoms with E-state index in [2.05, 4.69) is 20.7 Å². The minimum absolute atomic E-state index is 0.172. The van der Waals surface area contributed by atoms with E-state index in [0.717, 1.165) is 5.56 Å². The van der Waals surface area contributed by atoms with Crippen molar-refractivity contribution < 1.29 is 0 Å². The monoisotopic (exact) mass is 311 g/mol. The number of hydrazine groups is 1. The van der Waals surface area contributed by atoms with E-state index in [-0.39, 0.29) is 5.92 Å². The first-order valence-electron chi connectivity index (χ1n) is 6.07. The second-order valence-electron chi connectivity index (χ2n) is 4.51. The molecule has 0 saturated heterocycles. The van der Waals surface area contributed by atoms with Crippen LogP contribution in [0, 0.1) is 0 Å².